The largest absolute Gasteiger partial charge is 0.368 e. The molecule has 1 saturated heterocycles. The Morgan fingerprint density at radius 3 is 2.23 bits per heavy atom. The van der Waals surface area contributed by atoms with Gasteiger partial charge in [-0.1, -0.05) is 23.2 Å². The number of anilines is 2. The maximum absolute atomic E-state index is 11.3. The molecule has 0 saturated carbocycles. The molecule has 0 unspecified atom stereocenters. The third kappa shape index (κ3) is 4.47. The Bertz CT molecular complexity index is 818. The zero-order valence-corrected chi connectivity index (χ0v) is 16.7. The predicted molar refractivity (Wildman–Crippen MR) is 113 cm³/mol. The molecule has 0 atom stereocenters. The van der Waals surface area contributed by atoms with Gasteiger partial charge in [-0.05, 0) is 61.6 Å². The predicted octanol–water partition coefficient (Wildman–Crippen LogP) is 4.72. The summed E-state index contributed by atoms with van der Waals surface area (Å²) in [7, 11) is 0. The summed E-state index contributed by atoms with van der Waals surface area (Å²) in [5.41, 5.74) is 2.64. The molecule has 2 aromatic rings. The number of carbonyl (C=O) groups is 1. The molecule has 2 aromatic carbocycles. The zero-order valence-electron chi connectivity index (χ0n) is 14.3. The van der Waals surface area contributed by atoms with Crippen molar-refractivity contribution in [2.75, 3.05) is 36.4 Å². The average Bonchev–Trinajstić information content (AvgIpc) is 2.64. The Labute approximate surface area is 168 Å². The maximum Gasteiger partial charge on any atom is 0.173 e. The standard InChI is InChI=1S/C19H19Cl2N3OS/c1-13(25)14-2-4-15(5-3-14)22-19(26)24-10-8-23(9-11-24)16-6-7-17(20)18(21)12-16/h2-7,12H,8-11H2,1H3,(H,22,26). The van der Waals surface area contributed by atoms with Crippen LogP contribution in [-0.4, -0.2) is 42.0 Å². The number of halogens is 2. The van der Waals surface area contributed by atoms with Gasteiger partial charge in [0.25, 0.3) is 0 Å². The highest BCUT2D eigenvalue weighted by Gasteiger charge is 2.19. The molecule has 4 nitrogen and oxygen atoms in total. The van der Waals surface area contributed by atoms with Crippen molar-refractivity contribution in [3.8, 4) is 0 Å². The number of ketones is 1. The van der Waals surface area contributed by atoms with Crippen molar-refractivity contribution in [1.29, 1.82) is 0 Å². The molecule has 7 heteroatoms. The molecule has 1 aliphatic heterocycles. The number of nitrogens with zero attached hydrogens (tertiary/aromatic N) is 2. The molecule has 1 fully saturated rings. The van der Waals surface area contributed by atoms with E-state index < -0.39 is 0 Å². The summed E-state index contributed by atoms with van der Waals surface area (Å²) in [6, 6.07) is 13.0. The molecule has 0 aromatic heterocycles. The van der Waals surface area contributed by atoms with E-state index in [2.05, 4.69) is 15.1 Å². The van der Waals surface area contributed by atoms with Crippen LogP contribution in [0.4, 0.5) is 11.4 Å². The highest BCUT2D eigenvalue weighted by molar-refractivity contribution is 7.80. The average molecular weight is 408 g/mol. The van der Waals surface area contributed by atoms with E-state index in [1.54, 1.807) is 19.1 Å². The Morgan fingerprint density at radius 1 is 1.00 bits per heavy atom. The number of hydrogen-bond donors (Lipinski definition) is 1. The number of piperazine rings is 1. The lowest BCUT2D eigenvalue weighted by Crippen LogP contribution is -2.50. The minimum atomic E-state index is 0.0533. The highest BCUT2D eigenvalue weighted by atomic mass is 35.5. The van der Waals surface area contributed by atoms with Crippen LogP contribution >= 0.6 is 35.4 Å². The highest BCUT2D eigenvalue weighted by Crippen LogP contribution is 2.27. The normalized spacial score (nSPS) is 14.3. The number of carbonyl (C=O) groups excluding carboxylic acids is 1. The molecule has 0 bridgehead atoms. The first-order valence-corrected chi connectivity index (χ1v) is 9.47. The zero-order chi connectivity index (χ0) is 18.7. The van der Waals surface area contributed by atoms with Gasteiger partial charge >= 0.3 is 0 Å². The van der Waals surface area contributed by atoms with E-state index in [0.29, 0.717) is 20.7 Å². The summed E-state index contributed by atoms with van der Waals surface area (Å²) in [6.07, 6.45) is 0. The van der Waals surface area contributed by atoms with Crippen LogP contribution < -0.4 is 10.2 Å². The first-order chi connectivity index (χ1) is 12.4. The lowest BCUT2D eigenvalue weighted by atomic mass is 10.1. The summed E-state index contributed by atoms with van der Waals surface area (Å²) in [5, 5.41) is 5.06. The van der Waals surface area contributed by atoms with Crippen molar-refractivity contribution in [2.45, 2.75) is 6.92 Å². The van der Waals surface area contributed by atoms with Gasteiger partial charge in [-0.25, -0.2) is 0 Å². The fraction of sp³-hybridized carbons (Fsp3) is 0.263. The third-order valence-electron chi connectivity index (χ3n) is 4.38. The van der Waals surface area contributed by atoms with Crippen molar-refractivity contribution < 1.29 is 4.79 Å². The monoisotopic (exact) mass is 407 g/mol. The topological polar surface area (TPSA) is 35.6 Å². The van der Waals surface area contributed by atoms with Crippen LogP contribution in [0.5, 0.6) is 0 Å². The Morgan fingerprint density at radius 2 is 1.65 bits per heavy atom. The SMILES string of the molecule is CC(=O)c1ccc(NC(=S)N2CCN(c3ccc(Cl)c(Cl)c3)CC2)cc1. The maximum atomic E-state index is 11.3. The number of Topliss-reactive ketones (excluding diaryl/α,β-unsaturated/α-hetero) is 1. The molecule has 3 rings (SSSR count). The lowest BCUT2D eigenvalue weighted by molar-refractivity contribution is 0.101. The van der Waals surface area contributed by atoms with Gasteiger partial charge in [0.05, 0.1) is 10.0 Å². The molecule has 136 valence electrons. The van der Waals surface area contributed by atoms with Crippen molar-refractivity contribution in [3.63, 3.8) is 0 Å². The van der Waals surface area contributed by atoms with Crippen LogP contribution in [0.15, 0.2) is 42.5 Å². The first-order valence-electron chi connectivity index (χ1n) is 8.31. The molecular weight excluding hydrogens is 389 g/mol. The second-order valence-electron chi connectivity index (χ2n) is 6.14. The number of rotatable bonds is 3. The second kappa shape index (κ2) is 8.25. The van der Waals surface area contributed by atoms with E-state index in [1.165, 1.54) is 0 Å². The summed E-state index contributed by atoms with van der Waals surface area (Å²) in [5.74, 6) is 0.0533. The Kier molecular flexibility index (Phi) is 6.01. The number of hydrogen-bond acceptors (Lipinski definition) is 3. The van der Waals surface area contributed by atoms with Crippen molar-refractivity contribution in [3.05, 3.63) is 58.1 Å². The van der Waals surface area contributed by atoms with Crippen LogP contribution in [0, 0.1) is 0 Å². The minimum absolute atomic E-state index is 0.0533. The Hall–Kier alpha value is -1.82. The fourth-order valence-corrected chi connectivity index (χ4v) is 3.43. The number of thiocarbonyl (C=S) groups is 1. The molecule has 0 amide bonds. The second-order valence-corrected chi connectivity index (χ2v) is 7.34. The van der Waals surface area contributed by atoms with Gasteiger partial charge < -0.3 is 15.1 Å². The van der Waals surface area contributed by atoms with E-state index in [9.17, 15) is 4.79 Å². The molecule has 0 spiro atoms. The first kappa shape index (κ1) is 19.0. The van der Waals surface area contributed by atoms with Gasteiger partial charge in [0.15, 0.2) is 10.9 Å². The van der Waals surface area contributed by atoms with Crippen LogP contribution in [0.2, 0.25) is 10.0 Å². The van der Waals surface area contributed by atoms with Gasteiger partial charge in [-0.3, -0.25) is 4.79 Å². The summed E-state index contributed by atoms with van der Waals surface area (Å²) < 4.78 is 0. The van der Waals surface area contributed by atoms with E-state index in [4.69, 9.17) is 35.4 Å². The summed E-state index contributed by atoms with van der Waals surface area (Å²) in [6.45, 7) is 4.89. The van der Waals surface area contributed by atoms with Crippen LogP contribution in [0.25, 0.3) is 0 Å². The van der Waals surface area contributed by atoms with Gasteiger partial charge in [-0.2, -0.15) is 0 Å². The number of benzene rings is 2. The summed E-state index contributed by atoms with van der Waals surface area (Å²) in [4.78, 5) is 15.7. The number of nitrogens with one attached hydrogen (secondary N) is 1. The molecule has 1 aliphatic rings. The van der Waals surface area contributed by atoms with Crippen LogP contribution in [0.3, 0.4) is 0 Å². The molecule has 1 heterocycles. The van der Waals surface area contributed by atoms with Gasteiger partial charge in [0, 0.05) is 43.1 Å². The van der Waals surface area contributed by atoms with Crippen LogP contribution in [0.1, 0.15) is 17.3 Å². The third-order valence-corrected chi connectivity index (χ3v) is 5.48. The van der Waals surface area contributed by atoms with Gasteiger partial charge in [-0.15, -0.1) is 0 Å². The van der Waals surface area contributed by atoms with Gasteiger partial charge in [0.1, 0.15) is 0 Å². The Balaban J connectivity index is 1.56. The minimum Gasteiger partial charge on any atom is -0.368 e. The van der Waals surface area contributed by atoms with Crippen LogP contribution in [-0.2, 0) is 0 Å². The van der Waals surface area contributed by atoms with E-state index in [-0.39, 0.29) is 5.78 Å². The lowest BCUT2D eigenvalue weighted by Gasteiger charge is -2.37. The molecule has 0 aliphatic carbocycles. The molecule has 0 radical (unpaired) electrons. The molecule has 26 heavy (non-hydrogen) atoms. The smallest absolute Gasteiger partial charge is 0.173 e. The summed E-state index contributed by atoms with van der Waals surface area (Å²) >= 11 is 17.6. The molecular formula is C19H19Cl2N3OS. The van der Waals surface area contributed by atoms with Gasteiger partial charge in [0.2, 0.25) is 0 Å². The molecule has 1 N–H and O–H groups in total. The quantitative estimate of drug-likeness (QED) is 0.588. The van der Waals surface area contributed by atoms with Crippen molar-refractivity contribution >= 4 is 57.7 Å². The van der Waals surface area contributed by atoms with Crippen molar-refractivity contribution in [1.82, 2.24) is 4.90 Å². The van der Waals surface area contributed by atoms with E-state index in [1.807, 2.05) is 30.3 Å². The van der Waals surface area contributed by atoms with E-state index in [0.717, 1.165) is 37.6 Å². The van der Waals surface area contributed by atoms with E-state index >= 15 is 0 Å². The fourth-order valence-electron chi connectivity index (χ4n) is 2.84. The van der Waals surface area contributed by atoms with Crippen molar-refractivity contribution in [2.24, 2.45) is 0 Å².